The van der Waals surface area contributed by atoms with Crippen LogP contribution in [0.1, 0.15) is 35.2 Å². The number of benzene rings is 3. The van der Waals surface area contributed by atoms with Crippen molar-refractivity contribution in [3.05, 3.63) is 107 Å². The predicted octanol–water partition coefficient (Wildman–Crippen LogP) is 4.52. The van der Waals surface area contributed by atoms with E-state index in [4.69, 9.17) is 11.6 Å². The van der Waals surface area contributed by atoms with Gasteiger partial charge in [0.2, 0.25) is 11.8 Å². The van der Waals surface area contributed by atoms with Crippen molar-refractivity contribution in [1.82, 2.24) is 10.2 Å². The Morgan fingerprint density at radius 2 is 1.41 bits per heavy atom. The molecule has 2 amide bonds. The van der Waals surface area contributed by atoms with Crippen molar-refractivity contribution >= 4 is 23.4 Å². The number of carbonyl (C=O) groups is 2. The Morgan fingerprint density at radius 3 is 1.90 bits per heavy atom. The number of rotatable bonds is 6. The first-order valence-electron chi connectivity index (χ1n) is 9.59. The molecule has 0 aromatic heterocycles. The van der Waals surface area contributed by atoms with E-state index < -0.39 is 6.04 Å². The number of halogens is 1. The molecule has 0 unspecified atom stereocenters. The molecule has 1 aliphatic heterocycles. The quantitative estimate of drug-likeness (QED) is 0.614. The number of nitrogens with zero attached hydrogens (tertiary/aromatic N) is 1. The first-order valence-corrected chi connectivity index (χ1v) is 9.97. The molecular weight excluding hydrogens is 384 g/mol. The fraction of sp³-hybridized carbons (Fsp3) is 0.167. The lowest BCUT2D eigenvalue weighted by Crippen LogP contribution is -2.51. The first kappa shape index (κ1) is 19.2. The molecule has 3 aromatic rings. The number of β-lactam (4-membered cyclic amide) rings is 1. The van der Waals surface area contributed by atoms with Gasteiger partial charge in [-0.1, -0.05) is 90.5 Å². The zero-order chi connectivity index (χ0) is 20.2. The molecule has 1 N–H and O–H groups in total. The van der Waals surface area contributed by atoms with Crippen LogP contribution in [0.3, 0.4) is 0 Å². The normalized spacial score (nSPS) is 14.4. The number of hydrogen-bond donors (Lipinski definition) is 1. The maximum absolute atomic E-state index is 13.5. The molecule has 1 saturated heterocycles. The smallest absolute Gasteiger partial charge is 0.248 e. The molecule has 0 bridgehead atoms. The molecule has 5 heteroatoms. The molecular formula is C24H21ClN2O2. The van der Waals surface area contributed by atoms with Crippen molar-refractivity contribution in [1.29, 1.82) is 0 Å². The standard InChI is InChI=1S/C24H21ClN2O2/c25-20-14-8-7-13-19(20)23(27-16-15-21(27)28)24(29)26-22(17-9-3-1-4-10-17)18-11-5-2-6-12-18/h1-14,22-23H,15-16H2,(H,26,29)/t23-/m1/s1. The lowest BCUT2D eigenvalue weighted by Gasteiger charge is -2.38. The number of amides is 2. The molecule has 1 heterocycles. The van der Waals surface area contributed by atoms with Crippen molar-refractivity contribution in [3.63, 3.8) is 0 Å². The highest BCUT2D eigenvalue weighted by Crippen LogP contribution is 2.33. The van der Waals surface area contributed by atoms with E-state index >= 15 is 0 Å². The van der Waals surface area contributed by atoms with Gasteiger partial charge in [0.1, 0.15) is 6.04 Å². The van der Waals surface area contributed by atoms with Crippen LogP contribution in [0.25, 0.3) is 0 Å². The highest BCUT2D eigenvalue weighted by atomic mass is 35.5. The number of hydrogen-bond acceptors (Lipinski definition) is 2. The minimum Gasteiger partial charge on any atom is -0.343 e. The molecule has 146 valence electrons. The van der Waals surface area contributed by atoms with Crippen LogP contribution in [0.2, 0.25) is 5.02 Å². The van der Waals surface area contributed by atoms with Gasteiger partial charge in [-0.2, -0.15) is 0 Å². The molecule has 4 nitrogen and oxygen atoms in total. The van der Waals surface area contributed by atoms with Crippen molar-refractivity contribution in [2.45, 2.75) is 18.5 Å². The summed E-state index contributed by atoms with van der Waals surface area (Å²) in [5.74, 6) is -0.287. The molecule has 1 aliphatic rings. The van der Waals surface area contributed by atoms with Crippen LogP contribution in [-0.4, -0.2) is 23.3 Å². The molecule has 29 heavy (non-hydrogen) atoms. The summed E-state index contributed by atoms with van der Waals surface area (Å²) < 4.78 is 0. The van der Waals surface area contributed by atoms with E-state index in [2.05, 4.69) is 5.32 Å². The SMILES string of the molecule is O=C(NC(c1ccccc1)c1ccccc1)[C@@H](c1ccccc1Cl)N1CCC1=O. The summed E-state index contributed by atoms with van der Waals surface area (Å²) in [5, 5.41) is 3.63. The van der Waals surface area contributed by atoms with Crippen LogP contribution in [0.15, 0.2) is 84.9 Å². The maximum Gasteiger partial charge on any atom is 0.248 e. The summed E-state index contributed by atoms with van der Waals surface area (Å²) >= 11 is 6.39. The Morgan fingerprint density at radius 1 is 0.862 bits per heavy atom. The second-order valence-corrected chi connectivity index (χ2v) is 7.43. The minimum atomic E-state index is -0.750. The van der Waals surface area contributed by atoms with E-state index in [0.29, 0.717) is 23.6 Å². The Labute approximate surface area is 175 Å². The summed E-state index contributed by atoms with van der Waals surface area (Å²) in [5.41, 5.74) is 2.58. The van der Waals surface area contributed by atoms with Crippen molar-refractivity contribution < 1.29 is 9.59 Å². The van der Waals surface area contributed by atoms with Gasteiger partial charge in [-0.25, -0.2) is 0 Å². The minimum absolute atomic E-state index is 0.0407. The van der Waals surface area contributed by atoms with Gasteiger partial charge in [0.25, 0.3) is 0 Å². The lowest BCUT2D eigenvalue weighted by atomic mass is 9.96. The van der Waals surface area contributed by atoms with Crippen LogP contribution in [0.4, 0.5) is 0 Å². The van der Waals surface area contributed by atoms with Crippen LogP contribution < -0.4 is 5.32 Å². The van der Waals surface area contributed by atoms with Crippen LogP contribution in [0.5, 0.6) is 0 Å². The van der Waals surface area contributed by atoms with Gasteiger partial charge < -0.3 is 10.2 Å². The van der Waals surface area contributed by atoms with Gasteiger partial charge in [0.05, 0.1) is 6.04 Å². The van der Waals surface area contributed by atoms with Gasteiger partial charge in [-0.15, -0.1) is 0 Å². The Hall–Kier alpha value is -3.11. The maximum atomic E-state index is 13.5. The zero-order valence-corrected chi connectivity index (χ0v) is 16.5. The Bertz CT molecular complexity index is 968. The van der Waals surface area contributed by atoms with Crippen molar-refractivity contribution in [2.75, 3.05) is 6.54 Å². The van der Waals surface area contributed by atoms with Gasteiger partial charge in [0.15, 0.2) is 0 Å². The molecule has 1 atom stereocenters. The fourth-order valence-corrected chi connectivity index (χ4v) is 3.86. The molecule has 0 saturated carbocycles. The second kappa shape index (κ2) is 8.50. The molecule has 1 fully saturated rings. The van der Waals surface area contributed by atoms with Crippen LogP contribution in [0, 0.1) is 0 Å². The molecule has 0 spiro atoms. The third kappa shape index (κ3) is 4.03. The van der Waals surface area contributed by atoms with Gasteiger partial charge in [0, 0.05) is 23.6 Å². The topological polar surface area (TPSA) is 49.4 Å². The molecule has 0 aliphatic carbocycles. The fourth-order valence-electron chi connectivity index (χ4n) is 3.62. The summed E-state index contributed by atoms with van der Waals surface area (Å²) in [4.78, 5) is 27.2. The zero-order valence-electron chi connectivity index (χ0n) is 15.8. The average molecular weight is 405 g/mol. The van der Waals surface area contributed by atoms with E-state index in [9.17, 15) is 9.59 Å². The number of likely N-dealkylation sites (tertiary alicyclic amines) is 1. The highest BCUT2D eigenvalue weighted by molar-refractivity contribution is 6.31. The average Bonchev–Trinajstić information content (AvgIpc) is 2.76. The van der Waals surface area contributed by atoms with E-state index in [0.717, 1.165) is 11.1 Å². The third-order valence-electron chi connectivity index (χ3n) is 5.20. The van der Waals surface area contributed by atoms with E-state index in [1.807, 2.05) is 72.8 Å². The number of carbonyl (C=O) groups excluding carboxylic acids is 2. The van der Waals surface area contributed by atoms with Crippen molar-refractivity contribution in [2.24, 2.45) is 0 Å². The molecule has 4 rings (SSSR count). The Kier molecular flexibility index (Phi) is 5.63. The first-order chi connectivity index (χ1) is 14.1. The van der Waals surface area contributed by atoms with Gasteiger partial charge in [-0.05, 0) is 17.2 Å². The van der Waals surface area contributed by atoms with Gasteiger partial charge in [-0.3, -0.25) is 9.59 Å². The molecule has 0 radical (unpaired) electrons. The van der Waals surface area contributed by atoms with E-state index in [1.165, 1.54) is 0 Å². The van der Waals surface area contributed by atoms with Gasteiger partial charge >= 0.3 is 0 Å². The lowest BCUT2D eigenvalue weighted by molar-refractivity contribution is -0.149. The van der Waals surface area contributed by atoms with E-state index in [1.54, 1.807) is 17.0 Å². The monoisotopic (exact) mass is 404 g/mol. The van der Waals surface area contributed by atoms with Crippen molar-refractivity contribution in [3.8, 4) is 0 Å². The highest BCUT2D eigenvalue weighted by Gasteiger charge is 2.38. The number of nitrogens with one attached hydrogen (secondary N) is 1. The second-order valence-electron chi connectivity index (χ2n) is 7.02. The summed E-state index contributed by atoms with van der Waals surface area (Å²) in [7, 11) is 0. The predicted molar refractivity (Wildman–Crippen MR) is 113 cm³/mol. The summed E-state index contributed by atoms with van der Waals surface area (Å²) in [6, 6.07) is 25.7. The summed E-state index contributed by atoms with van der Waals surface area (Å²) in [6.07, 6.45) is 0.453. The molecule has 3 aromatic carbocycles. The summed E-state index contributed by atoms with van der Waals surface area (Å²) in [6.45, 7) is 0.545. The Balaban J connectivity index is 1.69. The van der Waals surface area contributed by atoms with E-state index in [-0.39, 0.29) is 17.9 Å². The van der Waals surface area contributed by atoms with Crippen LogP contribution >= 0.6 is 11.6 Å². The third-order valence-corrected chi connectivity index (χ3v) is 5.54. The van der Waals surface area contributed by atoms with Crippen LogP contribution in [-0.2, 0) is 9.59 Å². The largest absolute Gasteiger partial charge is 0.343 e.